The molecule has 0 saturated carbocycles. The Morgan fingerprint density at radius 3 is 2.70 bits per heavy atom. The summed E-state index contributed by atoms with van der Waals surface area (Å²) in [6.45, 7) is 1.88. The summed E-state index contributed by atoms with van der Waals surface area (Å²) in [6, 6.07) is 4.54. The van der Waals surface area contributed by atoms with Crippen molar-refractivity contribution in [1.29, 1.82) is 0 Å². The molecule has 0 atom stereocenters. The van der Waals surface area contributed by atoms with Gasteiger partial charge >= 0.3 is 5.97 Å². The molecule has 4 nitrogen and oxygen atoms in total. The van der Waals surface area contributed by atoms with Gasteiger partial charge in [-0.25, -0.2) is 9.18 Å². The SMILES string of the molecule is CCc1c(-c2ccc(OC)c(F)c2)sc(C(=O)O)c1N. The fourth-order valence-corrected chi connectivity index (χ4v) is 3.18. The number of rotatable bonds is 4. The van der Waals surface area contributed by atoms with Crippen LogP contribution in [0.15, 0.2) is 18.2 Å². The zero-order valence-electron chi connectivity index (χ0n) is 11.1. The lowest BCUT2D eigenvalue weighted by molar-refractivity contribution is 0.0703. The summed E-state index contributed by atoms with van der Waals surface area (Å²) in [5.41, 5.74) is 7.45. The monoisotopic (exact) mass is 295 g/mol. The maximum absolute atomic E-state index is 13.8. The Kier molecular flexibility index (Phi) is 3.94. The third-order valence-corrected chi connectivity index (χ3v) is 4.29. The number of ether oxygens (including phenoxy) is 1. The number of thiophene rings is 1. The molecule has 0 saturated heterocycles. The van der Waals surface area contributed by atoms with Gasteiger partial charge in [-0.05, 0) is 35.7 Å². The van der Waals surface area contributed by atoms with Gasteiger partial charge < -0.3 is 15.6 Å². The van der Waals surface area contributed by atoms with Crippen molar-refractivity contribution in [3.63, 3.8) is 0 Å². The van der Waals surface area contributed by atoms with Gasteiger partial charge in [0.1, 0.15) is 4.88 Å². The number of hydrogen-bond donors (Lipinski definition) is 2. The van der Waals surface area contributed by atoms with Gasteiger partial charge in [0, 0.05) is 4.88 Å². The maximum Gasteiger partial charge on any atom is 0.348 e. The number of carbonyl (C=O) groups is 1. The molecule has 1 aromatic carbocycles. The van der Waals surface area contributed by atoms with Crippen LogP contribution in [0.5, 0.6) is 5.75 Å². The Morgan fingerprint density at radius 2 is 2.20 bits per heavy atom. The molecule has 0 unspecified atom stereocenters. The van der Waals surface area contributed by atoms with E-state index in [0.29, 0.717) is 16.9 Å². The standard InChI is InChI=1S/C14H14FNO3S/c1-3-8-11(16)13(14(17)18)20-12(8)7-4-5-10(19-2)9(15)6-7/h4-6H,3,16H2,1-2H3,(H,17,18). The lowest BCUT2D eigenvalue weighted by atomic mass is 10.1. The minimum absolute atomic E-state index is 0.0908. The predicted octanol–water partition coefficient (Wildman–Crippen LogP) is 3.41. The minimum Gasteiger partial charge on any atom is -0.494 e. The van der Waals surface area contributed by atoms with E-state index >= 15 is 0 Å². The van der Waals surface area contributed by atoms with E-state index in [0.717, 1.165) is 16.9 Å². The minimum atomic E-state index is -1.07. The fourth-order valence-electron chi connectivity index (χ4n) is 2.03. The number of hydrogen-bond acceptors (Lipinski definition) is 4. The highest BCUT2D eigenvalue weighted by molar-refractivity contribution is 7.18. The van der Waals surface area contributed by atoms with Crippen molar-refractivity contribution in [3.05, 3.63) is 34.5 Å². The Bertz CT molecular complexity index is 667. The first-order chi connectivity index (χ1) is 9.49. The molecule has 2 rings (SSSR count). The molecular weight excluding hydrogens is 281 g/mol. The molecule has 20 heavy (non-hydrogen) atoms. The van der Waals surface area contributed by atoms with Gasteiger partial charge in [-0.3, -0.25) is 0 Å². The van der Waals surface area contributed by atoms with Gasteiger partial charge in [-0.15, -0.1) is 11.3 Å². The first-order valence-corrected chi connectivity index (χ1v) is 6.79. The van der Waals surface area contributed by atoms with Crippen LogP contribution in [0.25, 0.3) is 10.4 Å². The Morgan fingerprint density at radius 1 is 1.50 bits per heavy atom. The summed E-state index contributed by atoms with van der Waals surface area (Å²) >= 11 is 1.06. The number of halogens is 1. The average molecular weight is 295 g/mol. The van der Waals surface area contributed by atoms with E-state index in [-0.39, 0.29) is 16.3 Å². The van der Waals surface area contributed by atoms with E-state index in [1.807, 2.05) is 6.92 Å². The molecule has 0 amide bonds. The van der Waals surface area contributed by atoms with Gasteiger partial charge in [0.15, 0.2) is 11.6 Å². The second kappa shape index (κ2) is 5.50. The second-order valence-corrected chi connectivity index (χ2v) is 5.18. The molecule has 0 aliphatic rings. The number of aromatic carboxylic acids is 1. The summed E-state index contributed by atoms with van der Waals surface area (Å²) in [5.74, 6) is -1.41. The molecule has 3 N–H and O–H groups in total. The fraction of sp³-hybridized carbons (Fsp3) is 0.214. The predicted molar refractivity (Wildman–Crippen MR) is 77.0 cm³/mol. The van der Waals surface area contributed by atoms with Gasteiger partial charge in [0.25, 0.3) is 0 Å². The van der Waals surface area contributed by atoms with Crippen LogP contribution in [0.2, 0.25) is 0 Å². The number of methoxy groups -OCH3 is 1. The van der Waals surface area contributed by atoms with Crippen molar-refractivity contribution in [1.82, 2.24) is 0 Å². The summed E-state index contributed by atoms with van der Waals surface area (Å²) in [7, 11) is 1.39. The van der Waals surface area contributed by atoms with E-state index in [4.69, 9.17) is 15.6 Å². The third-order valence-electron chi connectivity index (χ3n) is 3.01. The molecule has 6 heteroatoms. The highest BCUT2D eigenvalue weighted by Gasteiger charge is 2.20. The molecule has 0 aliphatic heterocycles. The molecular formula is C14H14FNO3S. The van der Waals surface area contributed by atoms with Crippen LogP contribution >= 0.6 is 11.3 Å². The van der Waals surface area contributed by atoms with Crippen molar-refractivity contribution in [2.45, 2.75) is 13.3 Å². The average Bonchev–Trinajstić information content (AvgIpc) is 2.75. The third kappa shape index (κ3) is 2.34. The topological polar surface area (TPSA) is 72.5 Å². The summed E-state index contributed by atoms with van der Waals surface area (Å²) in [6.07, 6.45) is 0.582. The second-order valence-electron chi connectivity index (χ2n) is 4.16. The first kappa shape index (κ1) is 14.3. The van der Waals surface area contributed by atoms with Crippen LogP contribution in [0.4, 0.5) is 10.1 Å². The molecule has 0 fully saturated rings. The number of nitrogen functional groups attached to an aromatic ring is 1. The number of anilines is 1. The number of carboxylic acid groups (broad SMARTS) is 1. The molecule has 0 radical (unpaired) electrons. The van der Waals surface area contributed by atoms with Crippen molar-refractivity contribution in [3.8, 4) is 16.2 Å². The molecule has 0 aliphatic carbocycles. The normalized spacial score (nSPS) is 10.6. The van der Waals surface area contributed by atoms with Crippen LogP contribution in [-0.2, 0) is 6.42 Å². The van der Waals surface area contributed by atoms with E-state index in [1.54, 1.807) is 6.07 Å². The Hall–Kier alpha value is -2.08. The van der Waals surface area contributed by atoms with Crippen LogP contribution in [0.3, 0.4) is 0 Å². The number of nitrogens with two attached hydrogens (primary N) is 1. The van der Waals surface area contributed by atoms with Crippen molar-refractivity contribution >= 4 is 23.0 Å². The Balaban J connectivity index is 2.60. The van der Waals surface area contributed by atoms with Gasteiger partial charge in [-0.2, -0.15) is 0 Å². The summed E-state index contributed by atoms with van der Waals surface area (Å²) < 4.78 is 18.6. The van der Waals surface area contributed by atoms with Crippen molar-refractivity contribution in [2.75, 3.05) is 12.8 Å². The lowest BCUT2D eigenvalue weighted by Crippen LogP contribution is -1.99. The quantitative estimate of drug-likeness (QED) is 0.906. The van der Waals surface area contributed by atoms with Gasteiger partial charge in [0.2, 0.25) is 0 Å². The first-order valence-electron chi connectivity index (χ1n) is 5.97. The number of carboxylic acids is 1. The van der Waals surface area contributed by atoms with E-state index in [9.17, 15) is 9.18 Å². The zero-order valence-corrected chi connectivity index (χ0v) is 11.9. The summed E-state index contributed by atoms with van der Waals surface area (Å²) in [5, 5.41) is 9.12. The molecule has 0 bridgehead atoms. The zero-order chi connectivity index (χ0) is 14.9. The molecule has 2 aromatic rings. The maximum atomic E-state index is 13.8. The Labute approximate surface area is 119 Å². The smallest absolute Gasteiger partial charge is 0.348 e. The van der Waals surface area contributed by atoms with E-state index in [2.05, 4.69) is 0 Å². The molecule has 1 aromatic heterocycles. The largest absolute Gasteiger partial charge is 0.494 e. The summed E-state index contributed by atoms with van der Waals surface area (Å²) in [4.78, 5) is 11.9. The highest BCUT2D eigenvalue weighted by Crippen LogP contribution is 2.40. The van der Waals surface area contributed by atoms with Gasteiger partial charge in [0.05, 0.1) is 12.8 Å². The van der Waals surface area contributed by atoms with Crippen molar-refractivity contribution < 1.29 is 19.0 Å². The molecule has 1 heterocycles. The van der Waals surface area contributed by atoms with E-state index in [1.165, 1.54) is 19.2 Å². The van der Waals surface area contributed by atoms with Crippen LogP contribution in [0, 0.1) is 5.82 Å². The van der Waals surface area contributed by atoms with Crippen LogP contribution in [0.1, 0.15) is 22.2 Å². The van der Waals surface area contributed by atoms with E-state index < -0.39 is 11.8 Å². The van der Waals surface area contributed by atoms with Crippen molar-refractivity contribution in [2.24, 2.45) is 0 Å². The highest BCUT2D eigenvalue weighted by atomic mass is 32.1. The lowest BCUT2D eigenvalue weighted by Gasteiger charge is -2.06. The van der Waals surface area contributed by atoms with Crippen LogP contribution < -0.4 is 10.5 Å². The van der Waals surface area contributed by atoms with Gasteiger partial charge in [-0.1, -0.05) is 6.92 Å². The van der Waals surface area contributed by atoms with Crippen LogP contribution in [-0.4, -0.2) is 18.2 Å². The molecule has 0 spiro atoms. The number of benzene rings is 1. The molecule has 106 valence electrons.